The van der Waals surface area contributed by atoms with E-state index in [4.69, 9.17) is 11.2 Å². The second-order valence-corrected chi connectivity index (χ2v) is 4.30. The Labute approximate surface area is 80.0 Å². The lowest BCUT2D eigenvalue weighted by Crippen LogP contribution is -2.40. The van der Waals surface area contributed by atoms with E-state index in [2.05, 4.69) is 11.2 Å². The summed E-state index contributed by atoms with van der Waals surface area (Å²) in [5.74, 6) is 2.69. The van der Waals surface area contributed by atoms with E-state index in [1.807, 2.05) is 6.92 Å². The van der Waals surface area contributed by atoms with E-state index in [0.29, 0.717) is 6.04 Å². The first kappa shape index (κ1) is 9.05. The fourth-order valence-electron chi connectivity index (χ4n) is 2.27. The van der Waals surface area contributed by atoms with Gasteiger partial charge in [-0.15, -0.1) is 6.42 Å². The Morgan fingerprint density at radius 1 is 1.62 bits per heavy atom. The molecule has 2 nitrogen and oxygen atoms in total. The number of rotatable bonds is 2. The Balaban J connectivity index is 1.82. The van der Waals surface area contributed by atoms with Crippen LogP contribution in [0.3, 0.4) is 0 Å². The van der Waals surface area contributed by atoms with Crippen molar-refractivity contribution in [1.29, 1.82) is 0 Å². The zero-order valence-electron chi connectivity index (χ0n) is 8.18. The van der Waals surface area contributed by atoms with Gasteiger partial charge in [-0.2, -0.15) is 0 Å². The van der Waals surface area contributed by atoms with E-state index in [0.717, 1.165) is 13.0 Å². The minimum absolute atomic E-state index is 0.170. The summed E-state index contributed by atoms with van der Waals surface area (Å²) in [5, 5.41) is 3.39. The van der Waals surface area contributed by atoms with Gasteiger partial charge in [0, 0.05) is 6.04 Å². The SMILES string of the molecule is C#CC(C)NC1COC2(CCC2)C1. The van der Waals surface area contributed by atoms with E-state index in [-0.39, 0.29) is 11.6 Å². The molecule has 72 valence electrons. The van der Waals surface area contributed by atoms with Crippen molar-refractivity contribution in [3.63, 3.8) is 0 Å². The molecule has 2 unspecified atom stereocenters. The summed E-state index contributed by atoms with van der Waals surface area (Å²) in [6.45, 7) is 2.86. The first-order chi connectivity index (χ1) is 6.24. The minimum atomic E-state index is 0.170. The summed E-state index contributed by atoms with van der Waals surface area (Å²) in [4.78, 5) is 0. The lowest BCUT2D eigenvalue weighted by Gasteiger charge is -2.37. The van der Waals surface area contributed by atoms with Gasteiger partial charge in [0.25, 0.3) is 0 Å². The van der Waals surface area contributed by atoms with Crippen LogP contribution in [0.1, 0.15) is 32.6 Å². The lowest BCUT2D eigenvalue weighted by molar-refractivity contribution is -0.0563. The molecule has 1 aliphatic heterocycles. The van der Waals surface area contributed by atoms with Gasteiger partial charge in [0.2, 0.25) is 0 Å². The number of hydrogen-bond donors (Lipinski definition) is 1. The summed E-state index contributed by atoms with van der Waals surface area (Å²) in [6.07, 6.45) is 10.3. The first-order valence-corrected chi connectivity index (χ1v) is 5.10. The average molecular weight is 179 g/mol. The molecule has 2 aliphatic rings. The molecular formula is C11H17NO. The van der Waals surface area contributed by atoms with Gasteiger partial charge in [-0.25, -0.2) is 0 Å². The molecule has 1 heterocycles. The molecule has 2 heteroatoms. The van der Waals surface area contributed by atoms with Crippen LogP contribution >= 0.6 is 0 Å². The van der Waals surface area contributed by atoms with Crippen LogP contribution in [0.4, 0.5) is 0 Å². The summed E-state index contributed by atoms with van der Waals surface area (Å²) in [5.41, 5.74) is 0.242. The maximum Gasteiger partial charge on any atom is 0.0699 e. The highest BCUT2D eigenvalue weighted by Crippen LogP contribution is 2.43. The highest BCUT2D eigenvalue weighted by Gasteiger charge is 2.44. The number of hydrogen-bond acceptors (Lipinski definition) is 2. The third-order valence-corrected chi connectivity index (χ3v) is 3.21. The third kappa shape index (κ3) is 1.72. The molecule has 0 aromatic rings. The van der Waals surface area contributed by atoms with E-state index < -0.39 is 0 Å². The van der Waals surface area contributed by atoms with Crippen molar-refractivity contribution < 1.29 is 4.74 Å². The Hall–Kier alpha value is -0.520. The molecule has 0 aromatic carbocycles. The average Bonchev–Trinajstić information content (AvgIpc) is 2.48. The van der Waals surface area contributed by atoms with Gasteiger partial charge < -0.3 is 4.74 Å². The van der Waals surface area contributed by atoms with Crippen molar-refractivity contribution in [1.82, 2.24) is 5.32 Å². The van der Waals surface area contributed by atoms with Crippen LogP contribution in [-0.2, 0) is 4.74 Å². The molecular weight excluding hydrogens is 162 g/mol. The van der Waals surface area contributed by atoms with Gasteiger partial charge in [-0.1, -0.05) is 5.92 Å². The Morgan fingerprint density at radius 2 is 2.38 bits per heavy atom. The monoisotopic (exact) mass is 179 g/mol. The predicted molar refractivity (Wildman–Crippen MR) is 52.4 cm³/mol. The zero-order chi connectivity index (χ0) is 9.31. The van der Waals surface area contributed by atoms with Gasteiger partial charge >= 0.3 is 0 Å². The van der Waals surface area contributed by atoms with Gasteiger partial charge in [0.15, 0.2) is 0 Å². The topological polar surface area (TPSA) is 21.3 Å². The Kier molecular flexibility index (Phi) is 2.31. The molecule has 0 aromatic heterocycles. The Bertz CT molecular complexity index is 227. The molecule has 1 aliphatic carbocycles. The van der Waals surface area contributed by atoms with Crippen LogP contribution < -0.4 is 5.32 Å². The van der Waals surface area contributed by atoms with Crippen LogP contribution in [0.25, 0.3) is 0 Å². The minimum Gasteiger partial charge on any atom is -0.373 e. The van der Waals surface area contributed by atoms with Gasteiger partial charge in [0.1, 0.15) is 0 Å². The van der Waals surface area contributed by atoms with Crippen LogP contribution in [0.5, 0.6) is 0 Å². The quantitative estimate of drug-likeness (QED) is 0.645. The molecule has 0 radical (unpaired) electrons. The second-order valence-electron chi connectivity index (χ2n) is 4.30. The molecule has 2 atom stereocenters. The van der Waals surface area contributed by atoms with Gasteiger partial charge in [-0.3, -0.25) is 5.32 Å². The molecule has 1 saturated heterocycles. The molecule has 13 heavy (non-hydrogen) atoms. The number of terminal acetylenes is 1. The van der Waals surface area contributed by atoms with Crippen molar-refractivity contribution in [3.8, 4) is 12.3 Å². The zero-order valence-corrected chi connectivity index (χ0v) is 8.18. The largest absolute Gasteiger partial charge is 0.373 e. The normalized spacial score (nSPS) is 32.5. The lowest BCUT2D eigenvalue weighted by atomic mass is 9.77. The number of nitrogens with one attached hydrogen (secondary N) is 1. The summed E-state index contributed by atoms with van der Waals surface area (Å²) >= 11 is 0. The molecule has 0 amide bonds. The van der Waals surface area contributed by atoms with E-state index in [1.54, 1.807) is 0 Å². The molecule has 0 bridgehead atoms. The summed E-state index contributed by atoms with van der Waals surface area (Å²) in [7, 11) is 0. The molecule has 1 N–H and O–H groups in total. The first-order valence-electron chi connectivity index (χ1n) is 5.10. The molecule has 2 fully saturated rings. The van der Waals surface area contributed by atoms with Crippen LogP contribution in [-0.4, -0.2) is 24.3 Å². The fourth-order valence-corrected chi connectivity index (χ4v) is 2.27. The molecule has 1 saturated carbocycles. The van der Waals surface area contributed by atoms with Gasteiger partial charge in [-0.05, 0) is 32.6 Å². The predicted octanol–water partition coefficient (Wildman–Crippen LogP) is 1.31. The van der Waals surface area contributed by atoms with Crippen LogP contribution in [0.2, 0.25) is 0 Å². The van der Waals surface area contributed by atoms with Crippen LogP contribution in [0, 0.1) is 12.3 Å². The van der Waals surface area contributed by atoms with Crippen molar-refractivity contribution in [2.24, 2.45) is 0 Å². The van der Waals surface area contributed by atoms with Crippen molar-refractivity contribution in [3.05, 3.63) is 0 Å². The third-order valence-electron chi connectivity index (χ3n) is 3.21. The maximum atomic E-state index is 5.80. The highest BCUT2D eigenvalue weighted by atomic mass is 16.5. The van der Waals surface area contributed by atoms with E-state index in [1.165, 1.54) is 19.3 Å². The Morgan fingerprint density at radius 3 is 2.85 bits per heavy atom. The standard InChI is InChI=1S/C11H17NO/c1-3-9(2)12-10-7-11(13-8-10)5-4-6-11/h1,9-10,12H,4-8H2,2H3. The van der Waals surface area contributed by atoms with Gasteiger partial charge in [0.05, 0.1) is 18.2 Å². The summed E-state index contributed by atoms with van der Waals surface area (Å²) in [6, 6.07) is 0.648. The second kappa shape index (κ2) is 3.32. The maximum absolute atomic E-state index is 5.80. The van der Waals surface area contributed by atoms with Crippen molar-refractivity contribution in [2.45, 2.75) is 50.3 Å². The fraction of sp³-hybridized carbons (Fsp3) is 0.818. The van der Waals surface area contributed by atoms with Crippen LogP contribution in [0.15, 0.2) is 0 Å². The van der Waals surface area contributed by atoms with Crippen molar-refractivity contribution in [2.75, 3.05) is 6.61 Å². The molecule has 2 rings (SSSR count). The summed E-state index contributed by atoms with van der Waals surface area (Å²) < 4.78 is 5.80. The smallest absolute Gasteiger partial charge is 0.0699 e. The van der Waals surface area contributed by atoms with E-state index in [9.17, 15) is 0 Å². The molecule has 1 spiro atoms. The van der Waals surface area contributed by atoms with Crippen molar-refractivity contribution >= 4 is 0 Å². The highest BCUT2D eigenvalue weighted by molar-refractivity contribution is 5.02. The van der Waals surface area contributed by atoms with E-state index >= 15 is 0 Å². The number of ether oxygens (including phenoxy) is 1.